The van der Waals surface area contributed by atoms with E-state index in [9.17, 15) is 4.79 Å². The van der Waals surface area contributed by atoms with Crippen LogP contribution < -0.4 is 0 Å². The molecule has 0 saturated heterocycles. The van der Waals surface area contributed by atoms with Crippen LogP contribution in [0.2, 0.25) is 0 Å². The molecule has 0 aromatic rings. The van der Waals surface area contributed by atoms with Crippen molar-refractivity contribution in [2.24, 2.45) is 5.92 Å². The number of rotatable bonds is 3. The minimum absolute atomic E-state index is 0.210. The van der Waals surface area contributed by atoms with Crippen LogP contribution in [0.25, 0.3) is 0 Å². The minimum atomic E-state index is -0.210. The predicted molar refractivity (Wildman–Crippen MR) is 61.5 cm³/mol. The van der Waals surface area contributed by atoms with Gasteiger partial charge in [-0.3, -0.25) is 4.79 Å². The van der Waals surface area contributed by atoms with Crippen molar-refractivity contribution >= 4 is 5.97 Å². The number of allylic oxidation sites excluding steroid dienone is 3. The molecule has 0 aliphatic heterocycles. The fourth-order valence-corrected chi connectivity index (χ4v) is 1.84. The Labute approximate surface area is 92.0 Å². The Morgan fingerprint density at radius 3 is 2.87 bits per heavy atom. The molecule has 0 radical (unpaired) electrons. The summed E-state index contributed by atoms with van der Waals surface area (Å²) in [5.41, 5.74) is 2.85. The van der Waals surface area contributed by atoms with E-state index in [0.29, 0.717) is 12.5 Å². The fourth-order valence-electron chi connectivity index (χ4n) is 1.84. The lowest BCUT2D eigenvalue weighted by molar-refractivity contribution is -0.139. The zero-order valence-corrected chi connectivity index (χ0v) is 9.88. The third-order valence-electron chi connectivity index (χ3n) is 2.97. The molecule has 0 saturated carbocycles. The van der Waals surface area contributed by atoms with E-state index < -0.39 is 0 Å². The van der Waals surface area contributed by atoms with Crippen LogP contribution in [-0.2, 0) is 9.53 Å². The lowest BCUT2D eigenvalue weighted by atomic mass is 9.85. The lowest BCUT2D eigenvalue weighted by Crippen LogP contribution is -2.07. The average Bonchev–Trinajstić information content (AvgIpc) is 2.18. The van der Waals surface area contributed by atoms with Crippen LogP contribution in [0.4, 0.5) is 0 Å². The molecular formula is C13H20O2. The first-order valence-corrected chi connectivity index (χ1v) is 5.55. The summed E-state index contributed by atoms with van der Waals surface area (Å²) in [6.07, 6.45) is 7.90. The standard InChI is InChI=1S/C13H20O2/c1-10-4-6-13(7-5-10)11(2)8-9-15-12(3)14/h4,8,13H,5-7,9H2,1-3H3/b11-8-. The van der Waals surface area contributed by atoms with Crippen LogP contribution in [0.1, 0.15) is 40.0 Å². The molecule has 1 atom stereocenters. The van der Waals surface area contributed by atoms with Gasteiger partial charge in [-0.2, -0.15) is 0 Å². The molecule has 0 heterocycles. The summed E-state index contributed by atoms with van der Waals surface area (Å²) >= 11 is 0. The Hall–Kier alpha value is -1.05. The molecule has 0 spiro atoms. The Morgan fingerprint density at radius 1 is 1.60 bits per heavy atom. The zero-order valence-electron chi connectivity index (χ0n) is 9.88. The van der Waals surface area contributed by atoms with E-state index in [2.05, 4.69) is 19.9 Å². The van der Waals surface area contributed by atoms with Gasteiger partial charge in [0.25, 0.3) is 0 Å². The second kappa shape index (κ2) is 5.74. The van der Waals surface area contributed by atoms with E-state index in [0.717, 1.165) is 6.42 Å². The molecule has 0 amide bonds. The molecule has 1 aliphatic rings. The van der Waals surface area contributed by atoms with E-state index in [-0.39, 0.29) is 5.97 Å². The largest absolute Gasteiger partial charge is 0.462 e. The van der Waals surface area contributed by atoms with Gasteiger partial charge in [0.05, 0.1) is 0 Å². The molecule has 84 valence electrons. The molecule has 2 heteroatoms. The molecule has 1 rings (SSSR count). The smallest absolute Gasteiger partial charge is 0.302 e. The van der Waals surface area contributed by atoms with Crippen molar-refractivity contribution in [3.8, 4) is 0 Å². The fraction of sp³-hybridized carbons (Fsp3) is 0.615. The Kier molecular flexibility index (Phi) is 4.60. The van der Waals surface area contributed by atoms with Gasteiger partial charge in [-0.25, -0.2) is 0 Å². The van der Waals surface area contributed by atoms with E-state index >= 15 is 0 Å². The SMILES string of the molecule is CC(=O)OC/C=C(/C)C1CC=C(C)CC1. The first-order chi connectivity index (χ1) is 7.09. The first kappa shape index (κ1) is 12.0. The van der Waals surface area contributed by atoms with Gasteiger partial charge < -0.3 is 4.74 Å². The van der Waals surface area contributed by atoms with Crippen LogP contribution in [0.15, 0.2) is 23.3 Å². The summed E-state index contributed by atoms with van der Waals surface area (Å²) in [6.45, 7) is 6.17. The number of hydrogen-bond donors (Lipinski definition) is 0. The second-order valence-electron chi connectivity index (χ2n) is 4.27. The van der Waals surface area contributed by atoms with Crippen molar-refractivity contribution in [3.05, 3.63) is 23.3 Å². The summed E-state index contributed by atoms with van der Waals surface area (Å²) in [4.78, 5) is 10.6. The van der Waals surface area contributed by atoms with Crippen LogP contribution >= 0.6 is 0 Å². The molecule has 1 aliphatic carbocycles. The topological polar surface area (TPSA) is 26.3 Å². The Balaban J connectivity index is 2.39. The molecule has 0 bridgehead atoms. The van der Waals surface area contributed by atoms with Crippen molar-refractivity contribution in [3.63, 3.8) is 0 Å². The molecule has 0 aromatic carbocycles. The molecular weight excluding hydrogens is 188 g/mol. The number of carbonyl (C=O) groups is 1. The third-order valence-corrected chi connectivity index (χ3v) is 2.97. The van der Waals surface area contributed by atoms with Crippen molar-refractivity contribution in [2.45, 2.75) is 40.0 Å². The van der Waals surface area contributed by atoms with E-state index in [4.69, 9.17) is 4.74 Å². The molecule has 2 nitrogen and oxygen atoms in total. The quantitative estimate of drug-likeness (QED) is 0.525. The van der Waals surface area contributed by atoms with Crippen LogP contribution in [-0.4, -0.2) is 12.6 Å². The Bertz CT molecular complexity index is 287. The van der Waals surface area contributed by atoms with Gasteiger partial charge in [0.15, 0.2) is 0 Å². The summed E-state index contributed by atoms with van der Waals surface area (Å²) < 4.78 is 4.89. The van der Waals surface area contributed by atoms with Crippen molar-refractivity contribution in [2.75, 3.05) is 6.61 Å². The summed E-state index contributed by atoms with van der Waals surface area (Å²) in [6, 6.07) is 0. The van der Waals surface area contributed by atoms with E-state index in [1.165, 1.54) is 30.9 Å². The minimum Gasteiger partial charge on any atom is -0.462 e. The molecule has 15 heavy (non-hydrogen) atoms. The highest BCUT2D eigenvalue weighted by Crippen LogP contribution is 2.28. The van der Waals surface area contributed by atoms with E-state index in [1.54, 1.807) is 0 Å². The molecule has 0 N–H and O–H groups in total. The predicted octanol–water partition coefficient (Wildman–Crippen LogP) is 3.24. The van der Waals surface area contributed by atoms with Gasteiger partial charge in [-0.1, -0.05) is 17.2 Å². The second-order valence-corrected chi connectivity index (χ2v) is 4.27. The maximum atomic E-state index is 10.6. The number of hydrogen-bond acceptors (Lipinski definition) is 2. The lowest BCUT2D eigenvalue weighted by Gasteiger charge is -2.21. The summed E-state index contributed by atoms with van der Waals surface area (Å²) in [5.74, 6) is 0.433. The van der Waals surface area contributed by atoms with Crippen LogP contribution in [0.5, 0.6) is 0 Å². The Morgan fingerprint density at radius 2 is 2.33 bits per heavy atom. The van der Waals surface area contributed by atoms with Gasteiger partial charge in [0.1, 0.15) is 6.61 Å². The highest BCUT2D eigenvalue weighted by atomic mass is 16.5. The number of ether oxygens (including phenoxy) is 1. The normalized spacial score (nSPS) is 22.2. The van der Waals surface area contributed by atoms with Crippen molar-refractivity contribution in [1.29, 1.82) is 0 Å². The highest BCUT2D eigenvalue weighted by Gasteiger charge is 2.13. The van der Waals surface area contributed by atoms with Crippen molar-refractivity contribution < 1.29 is 9.53 Å². The van der Waals surface area contributed by atoms with Crippen LogP contribution in [0, 0.1) is 5.92 Å². The van der Waals surface area contributed by atoms with Gasteiger partial charge in [-0.05, 0) is 45.1 Å². The molecule has 1 unspecified atom stereocenters. The van der Waals surface area contributed by atoms with Crippen LogP contribution in [0.3, 0.4) is 0 Å². The maximum absolute atomic E-state index is 10.6. The summed E-state index contributed by atoms with van der Waals surface area (Å²) in [5, 5.41) is 0. The van der Waals surface area contributed by atoms with Gasteiger partial charge >= 0.3 is 5.97 Å². The monoisotopic (exact) mass is 208 g/mol. The number of esters is 1. The molecule has 0 fully saturated rings. The van der Waals surface area contributed by atoms with Gasteiger partial charge in [0, 0.05) is 6.92 Å². The van der Waals surface area contributed by atoms with Crippen molar-refractivity contribution in [1.82, 2.24) is 0 Å². The number of carbonyl (C=O) groups excluding carboxylic acids is 1. The molecule has 0 aromatic heterocycles. The summed E-state index contributed by atoms with van der Waals surface area (Å²) in [7, 11) is 0. The third kappa shape index (κ3) is 4.32. The highest BCUT2D eigenvalue weighted by molar-refractivity contribution is 5.66. The van der Waals surface area contributed by atoms with Gasteiger partial charge in [-0.15, -0.1) is 0 Å². The zero-order chi connectivity index (χ0) is 11.3. The average molecular weight is 208 g/mol. The maximum Gasteiger partial charge on any atom is 0.302 e. The van der Waals surface area contributed by atoms with Gasteiger partial charge in [0.2, 0.25) is 0 Å². The first-order valence-electron chi connectivity index (χ1n) is 5.55. The van der Waals surface area contributed by atoms with E-state index in [1.807, 2.05) is 6.08 Å².